The fourth-order valence-corrected chi connectivity index (χ4v) is 0.650. The third-order valence-electron chi connectivity index (χ3n) is 1.17. The molecule has 0 radical (unpaired) electrons. The first-order chi connectivity index (χ1) is 5.91. The minimum atomic E-state index is 0.849. The molecule has 0 heterocycles. The molecule has 0 aliphatic carbocycles. The maximum Gasteiger partial charge on any atom is 0.0509 e. The molecular weight excluding hydrogens is 156 g/mol. The highest BCUT2D eigenvalue weighted by Crippen LogP contribution is 1.84. The fourth-order valence-electron chi connectivity index (χ4n) is 0.650. The van der Waals surface area contributed by atoms with Crippen LogP contribution in [0.5, 0.6) is 0 Å². The molecule has 2 N–H and O–H groups in total. The van der Waals surface area contributed by atoms with Crippen molar-refractivity contribution in [3.8, 4) is 0 Å². The largest absolute Gasteiger partial charge is 0.292 e. The molecule has 0 rings (SSSR count). The highest BCUT2D eigenvalue weighted by Gasteiger charge is 1.85. The molecule has 6 nitrogen and oxygen atoms in total. The third-order valence-corrected chi connectivity index (χ3v) is 1.17. The summed E-state index contributed by atoms with van der Waals surface area (Å²) in [7, 11) is 3.27. The Balaban J connectivity index is 2.91. The molecule has 0 fully saturated rings. The average molecular weight is 172 g/mol. The zero-order valence-electron chi connectivity index (χ0n) is 7.62. The van der Waals surface area contributed by atoms with E-state index in [2.05, 4.69) is 31.5 Å². The van der Waals surface area contributed by atoms with E-state index in [4.69, 9.17) is 0 Å². The van der Waals surface area contributed by atoms with Crippen molar-refractivity contribution in [3.63, 3.8) is 0 Å². The Hall–Kier alpha value is -1.20. The lowest BCUT2D eigenvalue weighted by atomic mass is 10.3. The maximum atomic E-state index is 3.62. The summed E-state index contributed by atoms with van der Waals surface area (Å²) in [5.41, 5.74) is 5.60. The molecule has 0 unspecified atom stereocenters. The normalized spacial score (nSPS) is 11.2. The molecule has 0 aliphatic heterocycles. The second-order valence-electron chi connectivity index (χ2n) is 2.12. The van der Waals surface area contributed by atoms with Crippen LogP contribution < -0.4 is 10.9 Å². The molecule has 0 saturated carbocycles. The number of unbranched alkanes of at least 4 members (excludes halogenated alkanes) is 1. The van der Waals surface area contributed by atoms with E-state index >= 15 is 0 Å². The van der Waals surface area contributed by atoms with Gasteiger partial charge in [0.1, 0.15) is 0 Å². The summed E-state index contributed by atoms with van der Waals surface area (Å²) in [6.07, 6.45) is 2.09. The summed E-state index contributed by atoms with van der Waals surface area (Å²) >= 11 is 0. The summed E-state index contributed by atoms with van der Waals surface area (Å²) in [5.74, 6) is 0. The van der Waals surface area contributed by atoms with Gasteiger partial charge in [-0.15, -0.1) is 0 Å². The molecule has 0 bridgehead atoms. The summed E-state index contributed by atoms with van der Waals surface area (Å²) < 4.78 is 0. The van der Waals surface area contributed by atoms with E-state index in [0.717, 1.165) is 25.9 Å². The van der Waals surface area contributed by atoms with Crippen molar-refractivity contribution in [2.45, 2.75) is 12.8 Å². The molecular formula is C6H16N6. The van der Waals surface area contributed by atoms with Crippen LogP contribution in [0, 0.1) is 0 Å². The first-order valence-electron chi connectivity index (χ1n) is 3.95. The molecule has 0 atom stereocenters. The lowest BCUT2D eigenvalue weighted by molar-refractivity contribution is 0.582. The number of rotatable bonds is 7. The second kappa shape index (κ2) is 9.80. The van der Waals surface area contributed by atoms with Crippen molar-refractivity contribution in [2.24, 2.45) is 20.7 Å². The van der Waals surface area contributed by atoms with E-state index in [0.29, 0.717) is 0 Å². The van der Waals surface area contributed by atoms with Crippen molar-refractivity contribution in [3.05, 3.63) is 0 Å². The van der Waals surface area contributed by atoms with Crippen LogP contribution in [0.1, 0.15) is 12.8 Å². The van der Waals surface area contributed by atoms with Crippen LogP contribution in [0.15, 0.2) is 20.7 Å². The summed E-state index contributed by atoms with van der Waals surface area (Å²) in [4.78, 5) is 0. The van der Waals surface area contributed by atoms with Gasteiger partial charge in [0.15, 0.2) is 0 Å². The molecule has 0 aliphatic rings. The molecule has 0 spiro atoms. The van der Waals surface area contributed by atoms with Gasteiger partial charge in [-0.2, -0.15) is 10.2 Å². The molecule has 6 heteroatoms. The van der Waals surface area contributed by atoms with Crippen LogP contribution >= 0.6 is 0 Å². The Morgan fingerprint density at radius 3 is 1.58 bits per heavy atom. The molecule has 12 heavy (non-hydrogen) atoms. The van der Waals surface area contributed by atoms with Gasteiger partial charge in [-0.1, -0.05) is 10.4 Å². The standard InChI is InChI=1S/C6H16N6/c1-7-11-9-5-3-4-6-10-12-8-2/h3-6H2,1-2H3,(H,7,9)(H,8,10). The molecule has 0 amide bonds. The number of hydrogen-bond acceptors (Lipinski definition) is 4. The Labute approximate surface area is 72.5 Å². The van der Waals surface area contributed by atoms with Crippen molar-refractivity contribution in [1.82, 2.24) is 10.9 Å². The van der Waals surface area contributed by atoms with Gasteiger partial charge in [0.25, 0.3) is 0 Å². The van der Waals surface area contributed by atoms with E-state index < -0.39 is 0 Å². The van der Waals surface area contributed by atoms with Crippen molar-refractivity contribution in [1.29, 1.82) is 0 Å². The van der Waals surface area contributed by atoms with Crippen LogP contribution in [-0.2, 0) is 0 Å². The monoisotopic (exact) mass is 172 g/mol. The first kappa shape index (κ1) is 10.8. The Morgan fingerprint density at radius 1 is 0.833 bits per heavy atom. The van der Waals surface area contributed by atoms with Gasteiger partial charge in [-0.05, 0) is 12.8 Å². The Morgan fingerprint density at radius 2 is 1.25 bits per heavy atom. The first-order valence-corrected chi connectivity index (χ1v) is 3.95. The van der Waals surface area contributed by atoms with Crippen LogP contribution in [0.25, 0.3) is 0 Å². The molecule has 0 aromatic rings. The van der Waals surface area contributed by atoms with Crippen LogP contribution in [0.4, 0.5) is 0 Å². The van der Waals surface area contributed by atoms with Crippen molar-refractivity contribution >= 4 is 0 Å². The molecule has 70 valence electrons. The van der Waals surface area contributed by atoms with Gasteiger partial charge in [-0.25, -0.2) is 0 Å². The van der Waals surface area contributed by atoms with Gasteiger partial charge < -0.3 is 0 Å². The van der Waals surface area contributed by atoms with Gasteiger partial charge in [0.2, 0.25) is 0 Å². The molecule has 0 aromatic heterocycles. The van der Waals surface area contributed by atoms with Crippen LogP contribution in [0.2, 0.25) is 0 Å². The third kappa shape index (κ3) is 8.80. The van der Waals surface area contributed by atoms with E-state index in [1.807, 2.05) is 0 Å². The predicted octanol–water partition coefficient (Wildman–Crippen LogP) is 0.940. The second-order valence-corrected chi connectivity index (χ2v) is 2.12. The minimum Gasteiger partial charge on any atom is -0.292 e. The van der Waals surface area contributed by atoms with Crippen molar-refractivity contribution in [2.75, 3.05) is 27.2 Å². The van der Waals surface area contributed by atoms with Gasteiger partial charge >= 0.3 is 0 Å². The minimum absolute atomic E-state index is 0.849. The highest BCUT2D eigenvalue weighted by molar-refractivity contribution is 4.44. The summed E-state index contributed by atoms with van der Waals surface area (Å²) in [6, 6.07) is 0. The fraction of sp³-hybridized carbons (Fsp3) is 1.00. The highest BCUT2D eigenvalue weighted by atomic mass is 15.4. The lowest BCUT2D eigenvalue weighted by Gasteiger charge is -1.98. The zero-order valence-corrected chi connectivity index (χ0v) is 7.62. The Bertz CT molecular complexity index is 116. The average Bonchev–Trinajstić information content (AvgIpc) is 2.10. The van der Waals surface area contributed by atoms with Crippen LogP contribution in [-0.4, -0.2) is 27.2 Å². The quantitative estimate of drug-likeness (QED) is 0.341. The zero-order chi connectivity index (χ0) is 9.07. The summed E-state index contributed by atoms with van der Waals surface area (Å²) in [6.45, 7) is 1.70. The predicted molar refractivity (Wildman–Crippen MR) is 46.8 cm³/mol. The van der Waals surface area contributed by atoms with E-state index in [1.165, 1.54) is 0 Å². The molecule has 0 saturated heterocycles. The summed E-state index contributed by atoms with van der Waals surface area (Å²) in [5, 5.41) is 14.3. The van der Waals surface area contributed by atoms with Crippen LogP contribution in [0.3, 0.4) is 0 Å². The topological polar surface area (TPSA) is 73.5 Å². The number of hydrogen-bond donors (Lipinski definition) is 2. The van der Waals surface area contributed by atoms with Gasteiger partial charge in [0, 0.05) is 13.1 Å². The van der Waals surface area contributed by atoms with E-state index in [1.54, 1.807) is 14.1 Å². The van der Waals surface area contributed by atoms with E-state index in [9.17, 15) is 0 Å². The van der Waals surface area contributed by atoms with Gasteiger partial charge in [-0.3, -0.25) is 10.9 Å². The SMILES string of the molecule is CN=NNCCCCNN=NC. The smallest absolute Gasteiger partial charge is 0.0509 e. The number of nitrogens with zero attached hydrogens (tertiary/aromatic N) is 4. The number of nitrogens with one attached hydrogen (secondary N) is 2. The lowest BCUT2D eigenvalue weighted by Crippen LogP contribution is -2.11. The van der Waals surface area contributed by atoms with Crippen molar-refractivity contribution < 1.29 is 0 Å². The Kier molecular flexibility index (Phi) is 8.82. The van der Waals surface area contributed by atoms with Gasteiger partial charge in [0.05, 0.1) is 14.1 Å². The van der Waals surface area contributed by atoms with E-state index in [-0.39, 0.29) is 0 Å². The molecule has 0 aromatic carbocycles. The maximum absolute atomic E-state index is 3.62.